The second-order valence-corrected chi connectivity index (χ2v) is 7.20. The maximum atomic E-state index is 13.0. The Morgan fingerprint density at radius 2 is 1.71 bits per heavy atom. The van der Waals surface area contributed by atoms with Crippen LogP contribution in [0.4, 0.5) is 0 Å². The Bertz CT molecular complexity index is 981. The summed E-state index contributed by atoms with van der Waals surface area (Å²) in [5.41, 5.74) is 4.16. The molecule has 0 aliphatic heterocycles. The fourth-order valence-corrected chi connectivity index (χ4v) is 3.90. The molecule has 0 saturated carbocycles. The van der Waals surface area contributed by atoms with Crippen LogP contribution in [0, 0.1) is 5.92 Å². The van der Waals surface area contributed by atoms with Gasteiger partial charge in [0.15, 0.2) is 24.7 Å². The van der Waals surface area contributed by atoms with Crippen molar-refractivity contribution < 1.29 is 18.8 Å². The van der Waals surface area contributed by atoms with Crippen molar-refractivity contribution in [2.24, 2.45) is 5.92 Å². The molecule has 1 heterocycles. The number of nitrogens with zero attached hydrogens (tertiary/aromatic N) is 1. The lowest BCUT2D eigenvalue weighted by Crippen LogP contribution is -2.33. The highest BCUT2D eigenvalue weighted by atomic mass is 16.5. The van der Waals surface area contributed by atoms with Crippen LogP contribution in [0.1, 0.15) is 27.0 Å². The van der Waals surface area contributed by atoms with Gasteiger partial charge in [0.25, 0.3) is 0 Å². The first-order chi connectivity index (χ1) is 13.7. The molecule has 1 atom stereocenters. The second kappa shape index (κ2) is 7.85. The molecule has 3 aromatic rings. The number of hydrogen-bond acceptors (Lipinski definition) is 3. The standard InChI is InChI=1S/C24H24NO3/c1-27-21-14-19-13-20(24(26)23(19)22(15-21)28-2)12-17-8-10-25(11-9-17)16-18-6-4-3-5-7-18/h3-11,14-15,20H,12-13,16H2,1-2H3/q+1. The van der Waals surface area contributed by atoms with E-state index in [1.807, 2.05) is 12.1 Å². The molecule has 0 N–H and O–H groups in total. The number of rotatable bonds is 6. The van der Waals surface area contributed by atoms with Crippen LogP contribution < -0.4 is 14.0 Å². The lowest BCUT2D eigenvalue weighted by molar-refractivity contribution is -0.688. The Balaban J connectivity index is 1.48. The molecule has 0 amide bonds. The highest BCUT2D eigenvalue weighted by Crippen LogP contribution is 2.38. The van der Waals surface area contributed by atoms with Crippen molar-refractivity contribution >= 4 is 5.78 Å². The van der Waals surface area contributed by atoms with Crippen LogP contribution in [0.3, 0.4) is 0 Å². The van der Waals surface area contributed by atoms with Gasteiger partial charge in [-0.1, -0.05) is 30.3 Å². The van der Waals surface area contributed by atoms with E-state index in [0.29, 0.717) is 11.3 Å². The van der Waals surface area contributed by atoms with Crippen LogP contribution in [-0.2, 0) is 19.4 Å². The molecule has 4 nitrogen and oxygen atoms in total. The third-order valence-electron chi connectivity index (χ3n) is 5.35. The summed E-state index contributed by atoms with van der Waals surface area (Å²) in [4.78, 5) is 13.0. The first kappa shape index (κ1) is 18.2. The number of fused-ring (bicyclic) bond motifs is 1. The molecule has 142 valence electrons. The molecule has 2 aromatic carbocycles. The fraction of sp³-hybridized carbons (Fsp3) is 0.250. The Hall–Kier alpha value is -3.14. The number of methoxy groups -OCH3 is 2. The van der Waals surface area contributed by atoms with Crippen molar-refractivity contribution in [3.8, 4) is 11.5 Å². The van der Waals surface area contributed by atoms with Gasteiger partial charge < -0.3 is 9.47 Å². The van der Waals surface area contributed by atoms with Crippen LogP contribution in [0.25, 0.3) is 0 Å². The largest absolute Gasteiger partial charge is 0.497 e. The van der Waals surface area contributed by atoms with Crippen LogP contribution in [-0.4, -0.2) is 20.0 Å². The van der Waals surface area contributed by atoms with Gasteiger partial charge in [0.1, 0.15) is 11.5 Å². The summed E-state index contributed by atoms with van der Waals surface area (Å²) in [6.07, 6.45) is 5.61. The Labute approximate surface area is 165 Å². The van der Waals surface area contributed by atoms with Crippen molar-refractivity contribution in [1.82, 2.24) is 0 Å². The van der Waals surface area contributed by atoms with Gasteiger partial charge in [-0.3, -0.25) is 4.79 Å². The first-order valence-electron chi connectivity index (χ1n) is 9.49. The number of ketones is 1. The number of carbonyl (C=O) groups is 1. The fourth-order valence-electron chi connectivity index (χ4n) is 3.90. The molecule has 0 bridgehead atoms. The number of ether oxygens (including phenoxy) is 2. The summed E-state index contributed by atoms with van der Waals surface area (Å²) in [5, 5.41) is 0. The van der Waals surface area contributed by atoms with E-state index in [-0.39, 0.29) is 11.7 Å². The zero-order valence-electron chi connectivity index (χ0n) is 16.2. The third-order valence-corrected chi connectivity index (χ3v) is 5.35. The number of carbonyl (C=O) groups excluding carboxylic acids is 1. The molecular weight excluding hydrogens is 350 g/mol. The van der Waals surface area contributed by atoms with Gasteiger partial charge in [-0.15, -0.1) is 0 Å². The quantitative estimate of drug-likeness (QED) is 0.619. The SMILES string of the molecule is COc1cc2c(c(OC)c1)C(=O)C(Cc1cc[n+](Cc3ccccc3)cc1)C2. The van der Waals surface area contributed by atoms with E-state index >= 15 is 0 Å². The van der Waals surface area contributed by atoms with Gasteiger partial charge in [0.05, 0.1) is 19.8 Å². The molecule has 1 unspecified atom stereocenters. The van der Waals surface area contributed by atoms with Gasteiger partial charge in [0.2, 0.25) is 0 Å². The van der Waals surface area contributed by atoms with Crippen molar-refractivity contribution in [2.75, 3.05) is 14.2 Å². The Morgan fingerprint density at radius 1 is 0.964 bits per heavy atom. The summed E-state index contributed by atoms with van der Waals surface area (Å²) >= 11 is 0. The third kappa shape index (κ3) is 3.63. The highest BCUT2D eigenvalue weighted by Gasteiger charge is 2.34. The van der Waals surface area contributed by atoms with E-state index in [4.69, 9.17) is 9.47 Å². The van der Waals surface area contributed by atoms with E-state index in [1.54, 1.807) is 20.3 Å². The maximum Gasteiger partial charge on any atom is 0.173 e. The van der Waals surface area contributed by atoms with Gasteiger partial charge >= 0.3 is 0 Å². The smallest absolute Gasteiger partial charge is 0.173 e. The average Bonchev–Trinajstić information content (AvgIpc) is 3.05. The predicted octanol–water partition coefficient (Wildman–Crippen LogP) is 3.64. The molecule has 4 rings (SSSR count). The zero-order chi connectivity index (χ0) is 19.5. The highest BCUT2D eigenvalue weighted by molar-refractivity contribution is 6.05. The van der Waals surface area contributed by atoms with Crippen molar-refractivity contribution in [1.29, 1.82) is 0 Å². The molecule has 1 aliphatic rings. The van der Waals surface area contributed by atoms with Gasteiger partial charge in [-0.2, -0.15) is 0 Å². The minimum Gasteiger partial charge on any atom is -0.497 e. The van der Waals surface area contributed by atoms with Crippen molar-refractivity contribution in [3.63, 3.8) is 0 Å². The molecule has 1 aromatic heterocycles. The number of Topliss-reactive ketones (excluding diaryl/α,β-unsaturated/α-hetero) is 1. The topological polar surface area (TPSA) is 39.4 Å². The van der Waals surface area contributed by atoms with Crippen LogP contribution in [0.5, 0.6) is 11.5 Å². The van der Waals surface area contributed by atoms with E-state index in [0.717, 1.165) is 30.7 Å². The minimum atomic E-state index is -0.0546. The minimum absolute atomic E-state index is 0.0546. The van der Waals surface area contributed by atoms with E-state index < -0.39 is 0 Å². The molecule has 4 heteroatoms. The molecule has 0 fully saturated rings. The van der Waals surface area contributed by atoms with E-state index in [1.165, 1.54) is 11.1 Å². The number of benzene rings is 2. The first-order valence-corrected chi connectivity index (χ1v) is 9.49. The number of pyridine rings is 1. The van der Waals surface area contributed by atoms with Gasteiger partial charge in [0, 0.05) is 29.7 Å². The molecule has 1 aliphatic carbocycles. The monoisotopic (exact) mass is 374 g/mol. The summed E-state index contributed by atoms with van der Waals surface area (Å²) < 4.78 is 12.9. The average molecular weight is 374 g/mol. The van der Waals surface area contributed by atoms with Gasteiger partial charge in [-0.05, 0) is 30.0 Å². The van der Waals surface area contributed by atoms with Gasteiger partial charge in [-0.25, -0.2) is 4.57 Å². The normalized spacial score (nSPS) is 15.4. The Morgan fingerprint density at radius 3 is 2.39 bits per heavy atom. The molecule has 28 heavy (non-hydrogen) atoms. The second-order valence-electron chi connectivity index (χ2n) is 7.20. The lowest BCUT2D eigenvalue weighted by Gasteiger charge is -2.09. The number of aromatic nitrogens is 1. The van der Waals surface area contributed by atoms with Crippen LogP contribution >= 0.6 is 0 Å². The zero-order valence-corrected chi connectivity index (χ0v) is 16.2. The predicted molar refractivity (Wildman–Crippen MR) is 107 cm³/mol. The number of hydrogen-bond donors (Lipinski definition) is 0. The molecule has 0 radical (unpaired) electrons. The van der Waals surface area contributed by atoms with Crippen molar-refractivity contribution in [3.05, 3.63) is 89.2 Å². The summed E-state index contributed by atoms with van der Waals surface area (Å²) in [6, 6.07) is 18.3. The summed E-state index contributed by atoms with van der Waals surface area (Å²) in [5.74, 6) is 1.44. The maximum absolute atomic E-state index is 13.0. The summed E-state index contributed by atoms with van der Waals surface area (Å²) in [6.45, 7) is 0.839. The van der Waals surface area contributed by atoms with Crippen LogP contribution in [0.15, 0.2) is 67.0 Å². The van der Waals surface area contributed by atoms with Crippen molar-refractivity contribution in [2.45, 2.75) is 19.4 Å². The molecular formula is C24H24NO3+. The molecule has 0 spiro atoms. The van der Waals surface area contributed by atoms with E-state index in [2.05, 4.69) is 53.4 Å². The lowest BCUT2D eigenvalue weighted by atomic mass is 9.96. The Kier molecular flexibility index (Phi) is 5.11. The van der Waals surface area contributed by atoms with E-state index in [9.17, 15) is 4.79 Å². The molecule has 0 saturated heterocycles. The summed E-state index contributed by atoms with van der Waals surface area (Å²) in [7, 11) is 3.22. The van der Waals surface area contributed by atoms with Crippen LogP contribution in [0.2, 0.25) is 0 Å².